The van der Waals surface area contributed by atoms with E-state index in [1.165, 1.54) is 38.6 Å². The van der Waals surface area contributed by atoms with E-state index in [2.05, 4.69) is 42.1 Å². The number of hydrogen-bond donors (Lipinski definition) is 0. The first-order valence-corrected chi connectivity index (χ1v) is 5.37. The summed E-state index contributed by atoms with van der Waals surface area (Å²) in [7, 11) is 0. The van der Waals surface area contributed by atoms with Gasteiger partial charge in [0.15, 0.2) is 12.4 Å². The Bertz CT molecular complexity index is 211. The molecular weight excluding hydrogens is 177 g/mol. The van der Waals surface area contributed by atoms with Crippen molar-refractivity contribution in [2.24, 2.45) is 0 Å². The zero-order valence-corrected chi connectivity index (χ0v) is 8.95. The minimum Gasteiger partial charge on any atom is -1.00 e. The molecule has 0 saturated carbocycles. The molecule has 0 N–H and O–H groups in total. The van der Waals surface area contributed by atoms with Crippen LogP contribution in [-0.4, -0.2) is 0 Å². The molecule has 0 bridgehead atoms. The minimum absolute atomic E-state index is 0. The molecule has 1 nitrogen and oxygen atoms in total. The fourth-order valence-corrected chi connectivity index (χ4v) is 1.48. The number of pyridine rings is 1. The Kier molecular flexibility index (Phi) is 8.10. The molecule has 1 aromatic rings. The van der Waals surface area contributed by atoms with Gasteiger partial charge in [-0.05, 0) is 6.42 Å². The Morgan fingerprint density at radius 2 is 1.50 bits per heavy atom. The summed E-state index contributed by atoms with van der Waals surface area (Å²) in [5, 5.41) is 0. The van der Waals surface area contributed by atoms with Gasteiger partial charge in [-0.1, -0.05) is 32.3 Å². The third-order valence-corrected chi connectivity index (χ3v) is 2.30. The number of unbranched alkanes of at least 4 members (excludes halogenated alkanes) is 4. The number of aromatic nitrogens is 1. The molecule has 1 heterocycles. The van der Waals surface area contributed by atoms with Crippen molar-refractivity contribution in [3.05, 3.63) is 30.6 Å². The molecule has 0 atom stereocenters. The van der Waals surface area contributed by atoms with Crippen molar-refractivity contribution in [2.45, 2.75) is 45.6 Å². The van der Waals surface area contributed by atoms with Gasteiger partial charge in [-0.3, -0.25) is 0 Å². The molecule has 0 unspecified atom stereocenters. The highest BCUT2D eigenvalue weighted by Gasteiger charge is 1.96. The standard InChI is InChI=1S/C12H20N.FH/c1-2-3-4-5-7-10-13-11-8-6-9-12-13;/h6,8-9,11-12H,2-5,7,10H2,1H3;1H/q+1;/p-1. The van der Waals surface area contributed by atoms with Crippen LogP contribution in [0.5, 0.6) is 0 Å². The molecule has 0 aliphatic carbocycles. The number of rotatable bonds is 6. The van der Waals surface area contributed by atoms with Crippen molar-refractivity contribution in [3.8, 4) is 0 Å². The maximum atomic E-state index is 2.26. The smallest absolute Gasteiger partial charge is 0.168 e. The van der Waals surface area contributed by atoms with Crippen molar-refractivity contribution >= 4 is 0 Å². The second kappa shape index (κ2) is 8.67. The van der Waals surface area contributed by atoms with Gasteiger partial charge >= 0.3 is 0 Å². The van der Waals surface area contributed by atoms with Crippen LogP contribution in [0, 0.1) is 0 Å². The van der Waals surface area contributed by atoms with Crippen LogP contribution in [-0.2, 0) is 6.54 Å². The van der Waals surface area contributed by atoms with Gasteiger partial charge in [0.05, 0.1) is 0 Å². The summed E-state index contributed by atoms with van der Waals surface area (Å²) >= 11 is 0. The Labute approximate surface area is 86.1 Å². The van der Waals surface area contributed by atoms with E-state index in [1.807, 2.05) is 0 Å². The Balaban J connectivity index is 0.00000169. The first kappa shape index (κ1) is 13.1. The summed E-state index contributed by atoms with van der Waals surface area (Å²) < 4.78 is 2.26. The molecule has 0 saturated heterocycles. The van der Waals surface area contributed by atoms with Crippen molar-refractivity contribution in [1.82, 2.24) is 0 Å². The molecule has 14 heavy (non-hydrogen) atoms. The lowest BCUT2D eigenvalue weighted by Gasteiger charge is -1.97. The summed E-state index contributed by atoms with van der Waals surface area (Å²) in [6.07, 6.45) is 11.1. The normalized spacial score (nSPS) is 9.50. The van der Waals surface area contributed by atoms with E-state index in [0.29, 0.717) is 0 Å². The molecule has 2 heteroatoms. The number of hydrogen-bond acceptors (Lipinski definition) is 0. The van der Waals surface area contributed by atoms with Crippen LogP contribution in [0.3, 0.4) is 0 Å². The van der Waals surface area contributed by atoms with E-state index >= 15 is 0 Å². The molecule has 0 radical (unpaired) electrons. The van der Waals surface area contributed by atoms with E-state index in [0.717, 1.165) is 0 Å². The van der Waals surface area contributed by atoms with Gasteiger partial charge in [-0.15, -0.1) is 0 Å². The number of halogens is 1. The molecule has 0 spiro atoms. The highest BCUT2D eigenvalue weighted by atomic mass is 19.0. The van der Waals surface area contributed by atoms with Gasteiger partial charge in [-0.25, -0.2) is 4.57 Å². The Morgan fingerprint density at radius 1 is 0.857 bits per heavy atom. The van der Waals surface area contributed by atoms with Crippen molar-refractivity contribution in [3.63, 3.8) is 0 Å². The van der Waals surface area contributed by atoms with Crippen LogP contribution in [0.4, 0.5) is 0 Å². The van der Waals surface area contributed by atoms with Crippen molar-refractivity contribution in [1.29, 1.82) is 0 Å². The van der Waals surface area contributed by atoms with Gasteiger partial charge in [0.1, 0.15) is 6.54 Å². The maximum absolute atomic E-state index is 2.26. The van der Waals surface area contributed by atoms with Gasteiger partial charge in [0, 0.05) is 18.6 Å². The monoisotopic (exact) mass is 197 g/mol. The van der Waals surface area contributed by atoms with Crippen molar-refractivity contribution < 1.29 is 9.27 Å². The molecule has 0 aliphatic rings. The van der Waals surface area contributed by atoms with E-state index in [1.54, 1.807) is 0 Å². The van der Waals surface area contributed by atoms with E-state index < -0.39 is 0 Å². The fraction of sp³-hybridized carbons (Fsp3) is 0.583. The highest BCUT2D eigenvalue weighted by Crippen LogP contribution is 2.01. The predicted octanol–water partition coefficient (Wildman–Crippen LogP) is -0.0515. The average molecular weight is 197 g/mol. The van der Waals surface area contributed by atoms with E-state index in [4.69, 9.17) is 0 Å². The van der Waals surface area contributed by atoms with Crippen molar-refractivity contribution in [2.75, 3.05) is 0 Å². The minimum atomic E-state index is 0. The molecular formula is C12H20FN. The van der Waals surface area contributed by atoms with Crippen LogP contribution in [0.2, 0.25) is 0 Å². The summed E-state index contributed by atoms with van der Waals surface area (Å²) in [4.78, 5) is 0. The zero-order valence-electron chi connectivity index (χ0n) is 8.95. The molecule has 0 fully saturated rings. The first-order chi connectivity index (χ1) is 6.43. The summed E-state index contributed by atoms with van der Waals surface area (Å²) in [6.45, 7) is 3.43. The highest BCUT2D eigenvalue weighted by molar-refractivity contribution is 4.83. The lowest BCUT2D eigenvalue weighted by Crippen LogP contribution is -3.00. The van der Waals surface area contributed by atoms with Crippen LogP contribution in [0.15, 0.2) is 30.6 Å². The summed E-state index contributed by atoms with van der Waals surface area (Å²) in [5.74, 6) is 0. The lowest BCUT2D eigenvalue weighted by molar-refractivity contribution is -0.697. The lowest BCUT2D eigenvalue weighted by atomic mass is 10.1. The Morgan fingerprint density at radius 3 is 2.14 bits per heavy atom. The van der Waals surface area contributed by atoms with Gasteiger partial charge in [-0.2, -0.15) is 0 Å². The maximum Gasteiger partial charge on any atom is 0.168 e. The van der Waals surface area contributed by atoms with Crippen LogP contribution < -0.4 is 9.27 Å². The summed E-state index contributed by atoms with van der Waals surface area (Å²) in [5.41, 5.74) is 0. The quantitative estimate of drug-likeness (QED) is 0.445. The SMILES string of the molecule is CCCCCCC[n+]1ccccc1.[F-]. The zero-order chi connectivity index (χ0) is 9.36. The van der Waals surface area contributed by atoms with E-state index in [9.17, 15) is 0 Å². The topological polar surface area (TPSA) is 3.88 Å². The third kappa shape index (κ3) is 5.68. The van der Waals surface area contributed by atoms with Gasteiger partial charge in [0.2, 0.25) is 0 Å². The first-order valence-electron chi connectivity index (χ1n) is 5.37. The van der Waals surface area contributed by atoms with E-state index in [-0.39, 0.29) is 4.70 Å². The number of aryl methyl sites for hydroxylation is 1. The van der Waals surface area contributed by atoms with Crippen LogP contribution >= 0.6 is 0 Å². The molecule has 0 amide bonds. The second-order valence-electron chi connectivity index (χ2n) is 3.53. The summed E-state index contributed by atoms with van der Waals surface area (Å²) in [6, 6.07) is 6.24. The fourth-order valence-electron chi connectivity index (χ4n) is 1.48. The molecule has 80 valence electrons. The average Bonchev–Trinajstić information content (AvgIpc) is 2.19. The second-order valence-corrected chi connectivity index (χ2v) is 3.53. The largest absolute Gasteiger partial charge is 1.00 e. The predicted molar refractivity (Wildman–Crippen MR) is 55.4 cm³/mol. The molecule has 0 aliphatic heterocycles. The number of nitrogens with zero attached hydrogens (tertiary/aromatic N) is 1. The molecule has 1 aromatic heterocycles. The van der Waals surface area contributed by atoms with Gasteiger partial charge < -0.3 is 4.70 Å². The van der Waals surface area contributed by atoms with Crippen LogP contribution in [0.25, 0.3) is 0 Å². The van der Waals surface area contributed by atoms with Gasteiger partial charge in [0.25, 0.3) is 0 Å². The molecule has 0 aromatic carbocycles. The third-order valence-electron chi connectivity index (χ3n) is 2.30. The molecule has 1 rings (SSSR count). The van der Waals surface area contributed by atoms with Crippen LogP contribution in [0.1, 0.15) is 39.0 Å². The Hall–Kier alpha value is -0.920.